The van der Waals surface area contributed by atoms with Gasteiger partial charge in [0.1, 0.15) is 12.1 Å². The summed E-state index contributed by atoms with van der Waals surface area (Å²) in [7, 11) is 0. The predicted octanol–water partition coefficient (Wildman–Crippen LogP) is 3.05. The van der Waals surface area contributed by atoms with E-state index in [0.717, 1.165) is 22.6 Å². The molecule has 0 unspecified atom stereocenters. The number of nitrogens with zero attached hydrogens (tertiary/aromatic N) is 3. The van der Waals surface area contributed by atoms with Gasteiger partial charge in [-0.25, -0.2) is 9.97 Å². The van der Waals surface area contributed by atoms with Gasteiger partial charge in [0.2, 0.25) is 5.89 Å². The molecule has 0 atom stereocenters. The van der Waals surface area contributed by atoms with Crippen LogP contribution in [0.3, 0.4) is 0 Å². The summed E-state index contributed by atoms with van der Waals surface area (Å²) in [6.07, 6.45) is 6.66. The van der Waals surface area contributed by atoms with Gasteiger partial charge in [0.05, 0.1) is 11.9 Å². The molecule has 0 aliphatic heterocycles. The standard InChI is InChI=1S/C15H14N4O/c1-11-10-20-15(19-11)13-4-2-12(3-5-13)8-18-14-9-16-6-7-17-14/h2-7,9-10H,8H2,1H3,(H,17,18). The van der Waals surface area contributed by atoms with Crippen LogP contribution in [-0.4, -0.2) is 15.0 Å². The summed E-state index contributed by atoms with van der Waals surface area (Å²) >= 11 is 0. The van der Waals surface area contributed by atoms with Crippen molar-refractivity contribution in [3.63, 3.8) is 0 Å². The Morgan fingerprint density at radius 2 is 2.00 bits per heavy atom. The van der Waals surface area contributed by atoms with E-state index in [0.29, 0.717) is 12.4 Å². The molecule has 2 aromatic heterocycles. The maximum atomic E-state index is 5.37. The first-order valence-corrected chi connectivity index (χ1v) is 6.32. The van der Waals surface area contributed by atoms with E-state index in [1.54, 1.807) is 24.9 Å². The minimum absolute atomic E-state index is 0.649. The molecule has 2 heterocycles. The van der Waals surface area contributed by atoms with Gasteiger partial charge in [0.15, 0.2) is 0 Å². The molecular weight excluding hydrogens is 252 g/mol. The van der Waals surface area contributed by atoms with Crippen LogP contribution in [0.25, 0.3) is 11.5 Å². The zero-order valence-corrected chi connectivity index (χ0v) is 11.1. The van der Waals surface area contributed by atoms with Gasteiger partial charge in [-0.15, -0.1) is 0 Å². The molecule has 5 nitrogen and oxygen atoms in total. The number of oxazole rings is 1. The number of rotatable bonds is 4. The molecule has 1 aromatic carbocycles. The highest BCUT2D eigenvalue weighted by atomic mass is 16.3. The van der Waals surface area contributed by atoms with Crippen molar-refractivity contribution in [1.29, 1.82) is 0 Å². The van der Waals surface area contributed by atoms with E-state index in [4.69, 9.17) is 4.42 Å². The Bertz CT molecular complexity index is 677. The number of aromatic nitrogens is 3. The Hall–Kier alpha value is -2.69. The molecule has 1 N–H and O–H groups in total. The lowest BCUT2D eigenvalue weighted by atomic mass is 10.1. The Kier molecular flexibility index (Phi) is 3.41. The second-order valence-corrected chi connectivity index (χ2v) is 4.44. The smallest absolute Gasteiger partial charge is 0.226 e. The monoisotopic (exact) mass is 266 g/mol. The average Bonchev–Trinajstić information content (AvgIpc) is 2.93. The van der Waals surface area contributed by atoms with Crippen LogP contribution in [0.4, 0.5) is 5.82 Å². The van der Waals surface area contributed by atoms with Crippen LogP contribution in [0.2, 0.25) is 0 Å². The summed E-state index contributed by atoms with van der Waals surface area (Å²) in [5.41, 5.74) is 3.01. The fraction of sp³-hybridized carbons (Fsp3) is 0.133. The van der Waals surface area contributed by atoms with Gasteiger partial charge in [0.25, 0.3) is 0 Å². The first-order valence-electron chi connectivity index (χ1n) is 6.32. The molecule has 0 radical (unpaired) electrons. The van der Waals surface area contributed by atoms with Crippen molar-refractivity contribution in [1.82, 2.24) is 15.0 Å². The van der Waals surface area contributed by atoms with Crippen molar-refractivity contribution in [3.05, 3.63) is 60.4 Å². The molecule has 20 heavy (non-hydrogen) atoms. The third-order valence-corrected chi connectivity index (χ3v) is 2.86. The SMILES string of the molecule is Cc1coc(-c2ccc(CNc3cnccn3)cc2)n1. The molecule has 100 valence electrons. The van der Waals surface area contributed by atoms with Gasteiger partial charge in [-0.05, 0) is 24.6 Å². The van der Waals surface area contributed by atoms with Gasteiger partial charge in [-0.2, -0.15) is 0 Å². The zero-order chi connectivity index (χ0) is 13.8. The number of aryl methyl sites for hydroxylation is 1. The lowest BCUT2D eigenvalue weighted by Crippen LogP contribution is -2.01. The zero-order valence-electron chi connectivity index (χ0n) is 11.1. The molecule has 0 fully saturated rings. The molecule has 0 aliphatic carbocycles. The maximum Gasteiger partial charge on any atom is 0.226 e. The van der Waals surface area contributed by atoms with E-state index in [-0.39, 0.29) is 0 Å². The van der Waals surface area contributed by atoms with Crippen molar-refractivity contribution >= 4 is 5.82 Å². The normalized spacial score (nSPS) is 10.4. The van der Waals surface area contributed by atoms with Crippen molar-refractivity contribution in [2.45, 2.75) is 13.5 Å². The van der Waals surface area contributed by atoms with Crippen LogP contribution in [-0.2, 0) is 6.54 Å². The summed E-state index contributed by atoms with van der Waals surface area (Å²) in [5, 5.41) is 3.21. The summed E-state index contributed by atoms with van der Waals surface area (Å²) < 4.78 is 5.37. The van der Waals surface area contributed by atoms with E-state index in [1.165, 1.54) is 0 Å². The molecule has 0 amide bonds. The van der Waals surface area contributed by atoms with Crippen LogP contribution < -0.4 is 5.32 Å². The number of hydrogen-bond acceptors (Lipinski definition) is 5. The lowest BCUT2D eigenvalue weighted by Gasteiger charge is -2.05. The van der Waals surface area contributed by atoms with Gasteiger partial charge < -0.3 is 9.73 Å². The molecule has 0 aliphatic rings. The number of nitrogens with one attached hydrogen (secondary N) is 1. The van der Waals surface area contributed by atoms with Gasteiger partial charge >= 0.3 is 0 Å². The Labute approximate surface area is 116 Å². The molecule has 5 heteroatoms. The Morgan fingerprint density at radius 3 is 2.65 bits per heavy atom. The number of hydrogen-bond donors (Lipinski definition) is 1. The molecule has 0 bridgehead atoms. The predicted molar refractivity (Wildman–Crippen MR) is 76.0 cm³/mol. The highest BCUT2D eigenvalue weighted by Crippen LogP contribution is 2.19. The van der Waals surface area contributed by atoms with Crippen LogP contribution in [0, 0.1) is 6.92 Å². The van der Waals surface area contributed by atoms with E-state index in [2.05, 4.69) is 20.3 Å². The highest BCUT2D eigenvalue weighted by molar-refractivity contribution is 5.53. The fourth-order valence-corrected chi connectivity index (χ4v) is 1.83. The van der Waals surface area contributed by atoms with E-state index >= 15 is 0 Å². The average molecular weight is 266 g/mol. The topological polar surface area (TPSA) is 63.8 Å². The molecular formula is C15H14N4O. The van der Waals surface area contributed by atoms with Crippen LogP contribution in [0.5, 0.6) is 0 Å². The second kappa shape index (κ2) is 5.52. The summed E-state index contributed by atoms with van der Waals surface area (Å²) in [6.45, 7) is 2.61. The molecule has 0 saturated carbocycles. The van der Waals surface area contributed by atoms with Gasteiger partial charge in [-0.3, -0.25) is 4.98 Å². The number of anilines is 1. The van der Waals surface area contributed by atoms with E-state index in [9.17, 15) is 0 Å². The minimum atomic E-state index is 0.649. The van der Waals surface area contributed by atoms with Gasteiger partial charge in [-0.1, -0.05) is 12.1 Å². The molecule has 0 spiro atoms. The van der Waals surface area contributed by atoms with E-state index < -0.39 is 0 Å². The third kappa shape index (κ3) is 2.83. The Balaban J connectivity index is 1.67. The Morgan fingerprint density at radius 1 is 1.15 bits per heavy atom. The lowest BCUT2D eigenvalue weighted by molar-refractivity contribution is 0.573. The summed E-state index contributed by atoms with van der Waals surface area (Å²) in [4.78, 5) is 12.5. The summed E-state index contributed by atoms with van der Waals surface area (Å²) in [5.74, 6) is 1.41. The van der Waals surface area contributed by atoms with Gasteiger partial charge in [0, 0.05) is 24.5 Å². The number of benzene rings is 1. The molecule has 0 saturated heterocycles. The van der Waals surface area contributed by atoms with Crippen LogP contribution >= 0.6 is 0 Å². The highest BCUT2D eigenvalue weighted by Gasteiger charge is 2.04. The molecule has 3 aromatic rings. The summed E-state index contributed by atoms with van der Waals surface area (Å²) in [6, 6.07) is 8.08. The van der Waals surface area contributed by atoms with Crippen molar-refractivity contribution < 1.29 is 4.42 Å². The van der Waals surface area contributed by atoms with Crippen LogP contribution in [0.1, 0.15) is 11.3 Å². The van der Waals surface area contributed by atoms with Crippen molar-refractivity contribution in [3.8, 4) is 11.5 Å². The molecule has 3 rings (SSSR count). The quantitative estimate of drug-likeness (QED) is 0.786. The van der Waals surface area contributed by atoms with Crippen molar-refractivity contribution in [2.24, 2.45) is 0 Å². The van der Waals surface area contributed by atoms with E-state index in [1.807, 2.05) is 31.2 Å². The third-order valence-electron chi connectivity index (χ3n) is 2.86. The van der Waals surface area contributed by atoms with Crippen LogP contribution in [0.15, 0.2) is 53.5 Å². The maximum absolute atomic E-state index is 5.37. The van der Waals surface area contributed by atoms with Crippen molar-refractivity contribution in [2.75, 3.05) is 5.32 Å². The first-order chi connectivity index (χ1) is 9.81. The fourth-order valence-electron chi connectivity index (χ4n) is 1.83. The first kappa shape index (κ1) is 12.3. The minimum Gasteiger partial charge on any atom is -0.444 e. The largest absolute Gasteiger partial charge is 0.444 e. The second-order valence-electron chi connectivity index (χ2n) is 4.44.